The Bertz CT molecular complexity index is 1420. The van der Waals surface area contributed by atoms with E-state index in [0.29, 0.717) is 29.9 Å². The van der Waals surface area contributed by atoms with Crippen molar-refractivity contribution in [1.29, 1.82) is 0 Å². The summed E-state index contributed by atoms with van der Waals surface area (Å²) in [7, 11) is 3.18. The first-order chi connectivity index (χ1) is 18.6. The van der Waals surface area contributed by atoms with Crippen molar-refractivity contribution in [1.82, 2.24) is 15.0 Å². The Morgan fingerprint density at radius 1 is 1.05 bits per heavy atom. The zero-order valence-corrected chi connectivity index (χ0v) is 22.7. The molecule has 0 unspecified atom stereocenters. The molecule has 0 aliphatic carbocycles. The van der Waals surface area contributed by atoms with Crippen molar-refractivity contribution >= 4 is 52.3 Å². The second kappa shape index (κ2) is 13.2. The van der Waals surface area contributed by atoms with E-state index < -0.39 is 0 Å². The van der Waals surface area contributed by atoms with Gasteiger partial charge >= 0.3 is 0 Å². The standard InChI is InChI=1S/C26H24IN7O4/c1-4-11-38-23-21(27)13-17(14-22(23)36-3)15-29-34-26-32-24(28-16-20-6-5-12-37-20)31-25(33-26)30-18-7-9-19(35-2)10-8-18/h1,5-10,12-15H,11,16H2,2-3H3,(H3,28,30,31,32,33,34). The van der Waals surface area contributed by atoms with Gasteiger partial charge in [0.1, 0.15) is 18.1 Å². The van der Waals surface area contributed by atoms with E-state index in [4.69, 9.17) is 25.1 Å². The molecule has 194 valence electrons. The average Bonchev–Trinajstić information content (AvgIpc) is 3.45. The number of aromatic nitrogens is 3. The van der Waals surface area contributed by atoms with Gasteiger partial charge in [-0.3, -0.25) is 0 Å². The highest BCUT2D eigenvalue weighted by Crippen LogP contribution is 2.33. The number of nitrogens with one attached hydrogen (secondary N) is 3. The normalized spacial score (nSPS) is 10.6. The Morgan fingerprint density at radius 3 is 2.55 bits per heavy atom. The van der Waals surface area contributed by atoms with Crippen LogP contribution in [0.2, 0.25) is 0 Å². The molecule has 0 amide bonds. The highest BCUT2D eigenvalue weighted by molar-refractivity contribution is 14.1. The van der Waals surface area contributed by atoms with Crippen LogP contribution in [0.25, 0.3) is 0 Å². The summed E-state index contributed by atoms with van der Waals surface area (Å²) in [5, 5.41) is 10.6. The van der Waals surface area contributed by atoms with Gasteiger partial charge in [0.05, 0.1) is 36.8 Å². The van der Waals surface area contributed by atoms with E-state index in [-0.39, 0.29) is 12.6 Å². The number of rotatable bonds is 12. The van der Waals surface area contributed by atoms with Crippen LogP contribution < -0.4 is 30.3 Å². The van der Waals surface area contributed by atoms with Crippen LogP contribution in [0.15, 0.2) is 64.3 Å². The number of nitrogens with zero attached hydrogens (tertiary/aromatic N) is 4. The quantitative estimate of drug-likeness (QED) is 0.0866. The van der Waals surface area contributed by atoms with Gasteiger partial charge in [-0.15, -0.1) is 6.42 Å². The molecule has 0 saturated heterocycles. The maximum Gasteiger partial charge on any atom is 0.250 e. The molecule has 2 aromatic heterocycles. The monoisotopic (exact) mass is 625 g/mol. The molecule has 38 heavy (non-hydrogen) atoms. The number of hydrazone groups is 1. The number of hydrogen-bond donors (Lipinski definition) is 3. The lowest BCUT2D eigenvalue weighted by atomic mass is 10.2. The maximum atomic E-state index is 5.59. The third kappa shape index (κ3) is 7.26. The summed E-state index contributed by atoms with van der Waals surface area (Å²) in [6, 6.07) is 14.7. The summed E-state index contributed by atoms with van der Waals surface area (Å²) >= 11 is 2.15. The van der Waals surface area contributed by atoms with Gasteiger partial charge in [-0.05, 0) is 76.7 Å². The molecule has 2 heterocycles. The number of hydrogen-bond acceptors (Lipinski definition) is 11. The fourth-order valence-electron chi connectivity index (χ4n) is 3.18. The maximum absolute atomic E-state index is 5.59. The molecule has 0 bridgehead atoms. The SMILES string of the molecule is C#CCOc1c(I)cc(C=NNc2nc(NCc3ccco3)nc(Nc3ccc(OC)cc3)n2)cc1OC. The van der Waals surface area contributed by atoms with Crippen LogP contribution >= 0.6 is 22.6 Å². The molecule has 4 rings (SSSR count). The minimum absolute atomic E-state index is 0.143. The zero-order valence-electron chi connectivity index (χ0n) is 20.6. The highest BCUT2D eigenvalue weighted by Gasteiger charge is 2.11. The number of terminal acetylenes is 1. The third-order valence-corrected chi connectivity index (χ3v) is 5.71. The van der Waals surface area contributed by atoms with Crippen molar-refractivity contribution in [2.24, 2.45) is 5.10 Å². The summed E-state index contributed by atoms with van der Waals surface area (Å²) in [4.78, 5) is 13.3. The molecule has 4 aromatic rings. The molecule has 12 heteroatoms. The number of anilines is 4. The lowest BCUT2D eigenvalue weighted by Crippen LogP contribution is -2.09. The van der Waals surface area contributed by atoms with Crippen LogP contribution in [-0.2, 0) is 6.54 Å². The number of ether oxygens (including phenoxy) is 3. The molecule has 0 radical (unpaired) electrons. The second-order valence-electron chi connectivity index (χ2n) is 7.49. The Morgan fingerprint density at radius 2 is 1.84 bits per heavy atom. The van der Waals surface area contributed by atoms with Crippen LogP contribution in [0.3, 0.4) is 0 Å². The van der Waals surface area contributed by atoms with E-state index in [1.165, 1.54) is 0 Å². The molecule has 0 atom stereocenters. The van der Waals surface area contributed by atoms with Crippen molar-refractivity contribution in [3.63, 3.8) is 0 Å². The summed E-state index contributed by atoms with van der Waals surface area (Å²) in [6.07, 6.45) is 8.53. The Kier molecular flexibility index (Phi) is 9.19. The van der Waals surface area contributed by atoms with Crippen LogP contribution in [0.1, 0.15) is 11.3 Å². The van der Waals surface area contributed by atoms with Gasteiger partial charge < -0.3 is 29.3 Å². The van der Waals surface area contributed by atoms with Gasteiger partial charge in [-0.1, -0.05) is 5.92 Å². The van der Waals surface area contributed by atoms with Crippen molar-refractivity contribution in [3.05, 3.63) is 69.7 Å². The van der Waals surface area contributed by atoms with E-state index in [2.05, 4.69) is 64.6 Å². The predicted octanol–water partition coefficient (Wildman–Crippen LogP) is 4.90. The van der Waals surface area contributed by atoms with Crippen LogP contribution in [0.4, 0.5) is 23.5 Å². The molecule has 0 saturated carbocycles. The summed E-state index contributed by atoms with van der Waals surface area (Å²) < 4.78 is 22.5. The van der Waals surface area contributed by atoms with Crippen molar-refractivity contribution < 1.29 is 18.6 Å². The minimum Gasteiger partial charge on any atom is -0.497 e. The van der Waals surface area contributed by atoms with Crippen molar-refractivity contribution in [2.75, 3.05) is 36.9 Å². The summed E-state index contributed by atoms with van der Waals surface area (Å²) in [5.41, 5.74) is 4.41. The van der Waals surface area contributed by atoms with Gasteiger partial charge in [0.25, 0.3) is 0 Å². The number of benzene rings is 2. The molecular weight excluding hydrogens is 601 g/mol. The van der Waals surface area contributed by atoms with Gasteiger partial charge in [0.15, 0.2) is 11.5 Å². The molecule has 2 aromatic carbocycles. The van der Waals surface area contributed by atoms with Gasteiger partial charge in [0.2, 0.25) is 17.8 Å². The molecule has 0 aliphatic heterocycles. The smallest absolute Gasteiger partial charge is 0.250 e. The fraction of sp³-hybridized carbons (Fsp3) is 0.154. The minimum atomic E-state index is 0.143. The summed E-state index contributed by atoms with van der Waals surface area (Å²) in [5.74, 6) is 5.93. The highest BCUT2D eigenvalue weighted by atomic mass is 127. The zero-order chi connectivity index (χ0) is 26.7. The summed E-state index contributed by atoms with van der Waals surface area (Å²) in [6.45, 7) is 0.540. The first kappa shape index (κ1) is 26.6. The topological polar surface area (TPSA) is 128 Å². The van der Waals surface area contributed by atoms with E-state index in [1.54, 1.807) is 32.8 Å². The Hall–Kier alpha value is -4.51. The van der Waals surface area contributed by atoms with Crippen LogP contribution in [0.5, 0.6) is 17.2 Å². The molecule has 11 nitrogen and oxygen atoms in total. The Balaban J connectivity index is 1.53. The molecular formula is C26H24IN7O4. The van der Waals surface area contributed by atoms with Crippen LogP contribution in [0, 0.1) is 15.9 Å². The predicted molar refractivity (Wildman–Crippen MR) is 153 cm³/mol. The van der Waals surface area contributed by atoms with E-state index in [0.717, 1.165) is 26.3 Å². The number of furan rings is 1. The van der Waals surface area contributed by atoms with E-state index in [1.807, 2.05) is 42.5 Å². The Labute approximate surface area is 233 Å². The average molecular weight is 625 g/mol. The first-order valence-corrected chi connectivity index (χ1v) is 12.3. The van der Waals surface area contributed by atoms with E-state index in [9.17, 15) is 0 Å². The molecule has 0 aliphatic rings. The first-order valence-electron chi connectivity index (χ1n) is 11.2. The lowest BCUT2D eigenvalue weighted by molar-refractivity contribution is 0.328. The van der Waals surface area contributed by atoms with Crippen molar-refractivity contribution in [3.8, 4) is 29.6 Å². The number of methoxy groups -OCH3 is 2. The molecule has 0 spiro atoms. The lowest BCUT2D eigenvalue weighted by Gasteiger charge is -2.12. The van der Waals surface area contributed by atoms with Crippen LogP contribution in [-0.4, -0.2) is 42.0 Å². The largest absolute Gasteiger partial charge is 0.497 e. The van der Waals surface area contributed by atoms with Gasteiger partial charge in [-0.25, -0.2) is 5.43 Å². The van der Waals surface area contributed by atoms with E-state index >= 15 is 0 Å². The fourth-order valence-corrected chi connectivity index (χ4v) is 3.96. The molecule has 0 fully saturated rings. The third-order valence-electron chi connectivity index (χ3n) is 4.91. The van der Waals surface area contributed by atoms with Gasteiger partial charge in [-0.2, -0.15) is 20.1 Å². The second-order valence-corrected chi connectivity index (χ2v) is 8.65. The van der Waals surface area contributed by atoms with Crippen molar-refractivity contribution in [2.45, 2.75) is 6.54 Å². The number of halogens is 1. The molecule has 3 N–H and O–H groups in total. The van der Waals surface area contributed by atoms with Gasteiger partial charge in [0, 0.05) is 5.69 Å².